The van der Waals surface area contributed by atoms with Crippen LogP contribution in [0.1, 0.15) is 16.8 Å². The molecular formula is C24H18FN3O2. The van der Waals surface area contributed by atoms with E-state index in [2.05, 4.69) is 10.3 Å². The van der Waals surface area contributed by atoms with E-state index in [0.717, 1.165) is 22.4 Å². The zero-order valence-corrected chi connectivity index (χ0v) is 16.0. The van der Waals surface area contributed by atoms with Crippen molar-refractivity contribution in [3.8, 4) is 23.3 Å². The lowest BCUT2D eigenvalue weighted by Gasteiger charge is -2.06. The summed E-state index contributed by atoms with van der Waals surface area (Å²) in [6.07, 6.45) is 0. The lowest BCUT2D eigenvalue weighted by atomic mass is 10.2. The number of nitriles is 1. The van der Waals surface area contributed by atoms with Gasteiger partial charge in [-0.25, -0.2) is 4.39 Å². The van der Waals surface area contributed by atoms with Gasteiger partial charge in [0, 0.05) is 12.1 Å². The normalized spacial score (nSPS) is 10.4. The van der Waals surface area contributed by atoms with Crippen molar-refractivity contribution in [2.75, 3.05) is 5.32 Å². The van der Waals surface area contributed by atoms with Crippen molar-refractivity contribution in [3.63, 3.8) is 0 Å². The topological polar surface area (TPSA) is 71.1 Å². The standard InChI is InChI=1S/C24H18FN3O2/c25-20-10-6-17(7-11-20)15-27-24-22(14-26)28-23(30-24)19-8-12-21(13-9-19)29-16-18-4-2-1-3-5-18/h1-13,27H,15-16H2. The molecule has 0 saturated carbocycles. The third-order valence-corrected chi connectivity index (χ3v) is 4.45. The molecular weight excluding hydrogens is 381 g/mol. The molecule has 0 unspecified atom stereocenters. The average molecular weight is 399 g/mol. The van der Waals surface area contributed by atoms with Gasteiger partial charge < -0.3 is 14.5 Å². The molecule has 0 aliphatic carbocycles. The van der Waals surface area contributed by atoms with Crippen LogP contribution in [0.4, 0.5) is 10.3 Å². The first-order valence-corrected chi connectivity index (χ1v) is 9.37. The molecule has 148 valence electrons. The van der Waals surface area contributed by atoms with E-state index in [1.165, 1.54) is 12.1 Å². The second-order valence-corrected chi connectivity index (χ2v) is 6.59. The molecule has 5 nitrogen and oxygen atoms in total. The molecule has 0 bridgehead atoms. The van der Waals surface area contributed by atoms with Crippen LogP contribution in [0.25, 0.3) is 11.5 Å². The van der Waals surface area contributed by atoms with Gasteiger partial charge in [0.2, 0.25) is 17.5 Å². The first-order valence-electron chi connectivity index (χ1n) is 9.37. The molecule has 4 aromatic rings. The highest BCUT2D eigenvalue weighted by atomic mass is 19.1. The van der Waals surface area contributed by atoms with Gasteiger partial charge in [0.15, 0.2) is 0 Å². The van der Waals surface area contributed by atoms with Crippen molar-refractivity contribution in [2.24, 2.45) is 0 Å². The molecule has 1 N–H and O–H groups in total. The lowest BCUT2D eigenvalue weighted by Crippen LogP contribution is -1.99. The van der Waals surface area contributed by atoms with E-state index in [1.54, 1.807) is 12.1 Å². The maximum atomic E-state index is 13.0. The fourth-order valence-electron chi connectivity index (χ4n) is 2.86. The summed E-state index contributed by atoms with van der Waals surface area (Å²) in [6.45, 7) is 0.866. The molecule has 0 saturated heterocycles. The van der Waals surface area contributed by atoms with Gasteiger partial charge in [0.1, 0.15) is 24.2 Å². The number of benzene rings is 3. The van der Waals surface area contributed by atoms with Gasteiger partial charge in [0.05, 0.1) is 0 Å². The van der Waals surface area contributed by atoms with Gasteiger partial charge in [-0.05, 0) is 47.5 Å². The van der Waals surface area contributed by atoms with Crippen LogP contribution in [0.15, 0.2) is 83.3 Å². The van der Waals surface area contributed by atoms with Crippen molar-refractivity contribution in [3.05, 3.63) is 102 Å². The molecule has 0 fully saturated rings. The lowest BCUT2D eigenvalue weighted by molar-refractivity contribution is 0.306. The summed E-state index contributed by atoms with van der Waals surface area (Å²) in [5.74, 6) is 1.04. The second kappa shape index (κ2) is 8.93. The molecule has 0 spiro atoms. The molecule has 0 amide bonds. The van der Waals surface area contributed by atoms with Gasteiger partial charge in [-0.1, -0.05) is 42.5 Å². The Morgan fingerprint density at radius 1 is 0.933 bits per heavy atom. The minimum Gasteiger partial charge on any atom is -0.489 e. The van der Waals surface area contributed by atoms with Crippen LogP contribution in [-0.4, -0.2) is 4.98 Å². The number of hydrogen-bond acceptors (Lipinski definition) is 5. The fourth-order valence-corrected chi connectivity index (χ4v) is 2.86. The van der Waals surface area contributed by atoms with Crippen molar-refractivity contribution in [1.82, 2.24) is 4.98 Å². The van der Waals surface area contributed by atoms with Crippen LogP contribution in [-0.2, 0) is 13.2 Å². The van der Waals surface area contributed by atoms with Crippen LogP contribution in [0.2, 0.25) is 0 Å². The molecule has 0 aliphatic heterocycles. The Labute approximate surface area is 173 Å². The number of ether oxygens (including phenoxy) is 1. The monoisotopic (exact) mass is 399 g/mol. The Hall–Kier alpha value is -4.11. The highest BCUT2D eigenvalue weighted by Gasteiger charge is 2.14. The van der Waals surface area contributed by atoms with Crippen LogP contribution in [0.5, 0.6) is 5.75 Å². The SMILES string of the molecule is N#Cc1nc(-c2ccc(OCc3ccccc3)cc2)oc1NCc1ccc(F)cc1. The van der Waals surface area contributed by atoms with Gasteiger partial charge in [-0.2, -0.15) is 10.2 Å². The van der Waals surface area contributed by atoms with Gasteiger partial charge in [0.25, 0.3) is 0 Å². The molecule has 0 radical (unpaired) electrons. The van der Waals surface area contributed by atoms with Crippen molar-refractivity contribution >= 4 is 5.88 Å². The molecule has 0 aliphatic rings. The third-order valence-electron chi connectivity index (χ3n) is 4.45. The fraction of sp³-hybridized carbons (Fsp3) is 0.0833. The van der Waals surface area contributed by atoms with E-state index in [-0.39, 0.29) is 17.4 Å². The predicted octanol–water partition coefficient (Wildman–Crippen LogP) is 5.54. The number of hydrogen-bond donors (Lipinski definition) is 1. The molecule has 0 atom stereocenters. The zero-order chi connectivity index (χ0) is 20.8. The Bertz CT molecular complexity index is 1150. The summed E-state index contributed by atoms with van der Waals surface area (Å²) in [5.41, 5.74) is 2.84. The number of nitrogens with one attached hydrogen (secondary N) is 1. The van der Waals surface area contributed by atoms with Gasteiger partial charge >= 0.3 is 0 Å². The van der Waals surface area contributed by atoms with E-state index in [1.807, 2.05) is 60.7 Å². The predicted molar refractivity (Wildman–Crippen MR) is 111 cm³/mol. The second-order valence-electron chi connectivity index (χ2n) is 6.59. The summed E-state index contributed by atoms with van der Waals surface area (Å²) in [5, 5.41) is 12.4. The Morgan fingerprint density at radius 2 is 1.67 bits per heavy atom. The van der Waals surface area contributed by atoms with Gasteiger partial charge in [-0.3, -0.25) is 0 Å². The molecule has 30 heavy (non-hydrogen) atoms. The van der Waals surface area contributed by atoms with E-state index < -0.39 is 0 Å². The highest BCUT2D eigenvalue weighted by Crippen LogP contribution is 2.27. The van der Waals surface area contributed by atoms with Crippen molar-refractivity contribution in [2.45, 2.75) is 13.2 Å². The first-order chi connectivity index (χ1) is 14.7. The van der Waals surface area contributed by atoms with Crippen LogP contribution < -0.4 is 10.1 Å². The van der Waals surface area contributed by atoms with Crippen molar-refractivity contribution < 1.29 is 13.5 Å². The summed E-state index contributed by atoms with van der Waals surface area (Å²) in [4.78, 5) is 4.26. The number of halogens is 1. The van der Waals surface area contributed by atoms with Gasteiger partial charge in [-0.15, -0.1) is 0 Å². The number of oxazole rings is 1. The number of anilines is 1. The van der Waals surface area contributed by atoms with Crippen LogP contribution >= 0.6 is 0 Å². The number of aromatic nitrogens is 1. The number of nitrogens with zero attached hydrogens (tertiary/aromatic N) is 2. The minimum absolute atomic E-state index is 0.163. The maximum absolute atomic E-state index is 13.0. The average Bonchev–Trinajstić information content (AvgIpc) is 3.22. The first kappa shape index (κ1) is 19.2. The highest BCUT2D eigenvalue weighted by molar-refractivity contribution is 5.59. The quantitative estimate of drug-likeness (QED) is 0.442. The summed E-state index contributed by atoms with van der Waals surface area (Å²) < 4.78 is 24.6. The Morgan fingerprint density at radius 3 is 2.37 bits per heavy atom. The molecule has 3 aromatic carbocycles. The maximum Gasteiger partial charge on any atom is 0.232 e. The molecule has 1 aromatic heterocycles. The van der Waals surface area contributed by atoms with Crippen molar-refractivity contribution in [1.29, 1.82) is 5.26 Å². The molecule has 6 heteroatoms. The molecule has 1 heterocycles. The van der Waals surface area contributed by atoms with Crippen LogP contribution in [0.3, 0.4) is 0 Å². The van der Waals surface area contributed by atoms with E-state index in [9.17, 15) is 9.65 Å². The largest absolute Gasteiger partial charge is 0.489 e. The number of rotatable bonds is 7. The minimum atomic E-state index is -0.297. The van der Waals surface area contributed by atoms with E-state index in [4.69, 9.17) is 9.15 Å². The van der Waals surface area contributed by atoms with E-state index >= 15 is 0 Å². The molecule has 4 rings (SSSR count). The third kappa shape index (κ3) is 4.65. The Balaban J connectivity index is 1.43. The van der Waals surface area contributed by atoms with Crippen LogP contribution in [0, 0.1) is 17.1 Å². The summed E-state index contributed by atoms with van der Waals surface area (Å²) in [7, 11) is 0. The Kier molecular flexibility index (Phi) is 5.72. The summed E-state index contributed by atoms with van der Waals surface area (Å²) >= 11 is 0. The smallest absolute Gasteiger partial charge is 0.232 e. The zero-order valence-electron chi connectivity index (χ0n) is 16.0. The van der Waals surface area contributed by atoms with E-state index in [0.29, 0.717) is 19.0 Å². The summed E-state index contributed by atoms with van der Waals surface area (Å²) in [6, 6.07) is 25.4.